The van der Waals surface area contributed by atoms with Gasteiger partial charge < -0.3 is 19.3 Å². The van der Waals surface area contributed by atoms with Crippen LogP contribution in [0.2, 0.25) is 0 Å². The zero-order chi connectivity index (χ0) is 16.5. The van der Waals surface area contributed by atoms with Crippen molar-refractivity contribution in [2.75, 3.05) is 6.79 Å². The summed E-state index contributed by atoms with van der Waals surface area (Å²) in [5, 5.41) is 10.4. The number of aliphatic hydroxyl groups excluding tert-OH is 1. The number of aromatic nitrogens is 1. The molecule has 1 N–H and O–H groups in total. The number of hydrogen-bond acceptors (Lipinski definition) is 5. The van der Waals surface area contributed by atoms with Crippen molar-refractivity contribution in [3.8, 4) is 11.5 Å². The first-order valence-corrected chi connectivity index (χ1v) is 7.50. The van der Waals surface area contributed by atoms with Crippen LogP contribution in [0, 0.1) is 0 Å². The Morgan fingerprint density at radius 2 is 2.04 bits per heavy atom. The number of ether oxygens (including phenoxy) is 3. The molecule has 1 aromatic carbocycles. The van der Waals surface area contributed by atoms with Crippen LogP contribution < -0.4 is 9.47 Å². The standard InChI is InChI=1S/C19H15NO4/c1-2-13-4-3-5-15(20-13)18-14(8-9-22-19(18)21)12-6-7-16-17(10-12)24-11-23-16/h2-10,19,21H,1,11H2. The smallest absolute Gasteiger partial charge is 0.231 e. The Bertz CT molecular complexity index is 869. The van der Waals surface area contributed by atoms with E-state index in [1.54, 1.807) is 6.08 Å². The van der Waals surface area contributed by atoms with E-state index in [2.05, 4.69) is 11.6 Å². The van der Waals surface area contributed by atoms with Crippen LogP contribution in [0.25, 0.3) is 17.2 Å². The van der Waals surface area contributed by atoms with Gasteiger partial charge in [-0.1, -0.05) is 18.7 Å². The lowest BCUT2D eigenvalue weighted by molar-refractivity contribution is -0.00405. The Labute approximate surface area is 139 Å². The molecule has 0 aliphatic carbocycles. The Kier molecular flexibility index (Phi) is 3.55. The summed E-state index contributed by atoms with van der Waals surface area (Å²) in [6.45, 7) is 3.95. The van der Waals surface area contributed by atoms with Gasteiger partial charge in [0, 0.05) is 0 Å². The van der Waals surface area contributed by atoms with Gasteiger partial charge in [0.2, 0.25) is 13.1 Å². The van der Waals surface area contributed by atoms with E-state index in [9.17, 15) is 5.11 Å². The summed E-state index contributed by atoms with van der Waals surface area (Å²) >= 11 is 0. The molecule has 2 aromatic rings. The van der Waals surface area contributed by atoms with Crippen molar-refractivity contribution in [3.05, 3.63) is 72.3 Å². The molecule has 4 rings (SSSR count). The third-order valence-corrected chi connectivity index (χ3v) is 3.92. The van der Waals surface area contributed by atoms with Gasteiger partial charge in [-0.15, -0.1) is 0 Å². The molecule has 1 aromatic heterocycles. The number of pyridine rings is 1. The van der Waals surface area contributed by atoms with Gasteiger partial charge in [-0.25, -0.2) is 4.98 Å². The number of aliphatic hydroxyl groups is 1. The number of benzene rings is 1. The molecule has 5 nitrogen and oxygen atoms in total. The maximum absolute atomic E-state index is 10.4. The molecule has 0 amide bonds. The lowest BCUT2D eigenvalue weighted by Crippen LogP contribution is -2.16. The maximum Gasteiger partial charge on any atom is 0.231 e. The van der Waals surface area contributed by atoms with Crippen molar-refractivity contribution >= 4 is 17.2 Å². The van der Waals surface area contributed by atoms with Gasteiger partial charge in [0.1, 0.15) is 0 Å². The highest BCUT2D eigenvalue weighted by Gasteiger charge is 2.24. The lowest BCUT2D eigenvalue weighted by atomic mass is 9.95. The van der Waals surface area contributed by atoms with Gasteiger partial charge in [0.25, 0.3) is 0 Å². The molecule has 0 fully saturated rings. The summed E-state index contributed by atoms with van der Waals surface area (Å²) in [7, 11) is 0. The summed E-state index contributed by atoms with van der Waals surface area (Å²) in [5.74, 6) is 1.39. The van der Waals surface area contributed by atoms with Crippen LogP contribution in [-0.2, 0) is 4.74 Å². The van der Waals surface area contributed by atoms with Gasteiger partial charge in [0.05, 0.1) is 23.2 Å². The van der Waals surface area contributed by atoms with Crippen LogP contribution in [0.5, 0.6) is 11.5 Å². The molecular weight excluding hydrogens is 306 g/mol. The molecule has 24 heavy (non-hydrogen) atoms. The minimum absolute atomic E-state index is 0.217. The quantitative estimate of drug-likeness (QED) is 0.940. The Hall–Kier alpha value is -3.05. The Balaban J connectivity index is 1.88. The zero-order valence-electron chi connectivity index (χ0n) is 12.8. The van der Waals surface area contributed by atoms with Gasteiger partial charge in [-0.2, -0.15) is 0 Å². The van der Waals surface area contributed by atoms with Crippen LogP contribution in [0.1, 0.15) is 17.0 Å². The minimum atomic E-state index is -1.09. The molecule has 1 atom stereocenters. The number of rotatable bonds is 3. The number of hydrogen-bond donors (Lipinski definition) is 1. The maximum atomic E-state index is 10.4. The van der Waals surface area contributed by atoms with E-state index in [1.165, 1.54) is 6.26 Å². The summed E-state index contributed by atoms with van der Waals surface area (Å²) in [4.78, 5) is 4.51. The predicted octanol–water partition coefficient (Wildman–Crippen LogP) is 3.23. The third kappa shape index (κ3) is 2.45. The number of nitrogens with zero attached hydrogens (tertiary/aromatic N) is 1. The van der Waals surface area contributed by atoms with Gasteiger partial charge >= 0.3 is 0 Å². The van der Waals surface area contributed by atoms with E-state index in [0.29, 0.717) is 22.8 Å². The highest BCUT2D eigenvalue weighted by Crippen LogP contribution is 2.38. The summed E-state index contributed by atoms with van der Waals surface area (Å²) in [6.07, 6.45) is 3.85. The van der Waals surface area contributed by atoms with Crippen molar-refractivity contribution in [1.82, 2.24) is 4.98 Å². The fourth-order valence-electron chi connectivity index (χ4n) is 2.77. The molecule has 0 bridgehead atoms. The molecular formula is C19H15NO4. The van der Waals surface area contributed by atoms with E-state index < -0.39 is 6.29 Å². The van der Waals surface area contributed by atoms with Gasteiger partial charge in [-0.3, -0.25) is 0 Å². The zero-order valence-corrected chi connectivity index (χ0v) is 12.8. The van der Waals surface area contributed by atoms with E-state index >= 15 is 0 Å². The van der Waals surface area contributed by atoms with Gasteiger partial charge in [0.15, 0.2) is 11.5 Å². The van der Waals surface area contributed by atoms with Crippen LogP contribution in [0.3, 0.4) is 0 Å². The SMILES string of the molecule is C=Cc1cccc(C2=C(c3ccc4c(c3)OCO4)C=COC2O)n1. The second-order valence-electron chi connectivity index (χ2n) is 5.34. The molecule has 0 saturated carbocycles. The second-order valence-corrected chi connectivity index (χ2v) is 5.34. The summed E-state index contributed by atoms with van der Waals surface area (Å²) in [6, 6.07) is 11.2. The molecule has 2 aliphatic rings. The predicted molar refractivity (Wildman–Crippen MR) is 89.9 cm³/mol. The van der Waals surface area contributed by atoms with Crippen LogP contribution >= 0.6 is 0 Å². The van der Waals surface area contributed by atoms with Crippen LogP contribution in [-0.4, -0.2) is 23.2 Å². The molecule has 120 valence electrons. The third-order valence-electron chi connectivity index (χ3n) is 3.92. The van der Waals surface area contributed by atoms with Crippen LogP contribution in [0.15, 0.2) is 55.3 Å². The Morgan fingerprint density at radius 3 is 2.92 bits per heavy atom. The number of allylic oxidation sites excluding steroid dienone is 2. The van der Waals surface area contributed by atoms with E-state index in [1.807, 2.05) is 42.5 Å². The van der Waals surface area contributed by atoms with Crippen LogP contribution in [0.4, 0.5) is 0 Å². The summed E-state index contributed by atoms with van der Waals surface area (Å²) < 4.78 is 16.1. The average molecular weight is 321 g/mol. The largest absolute Gasteiger partial charge is 0.468 e. The average Bonchev–Trinajstić information content (AvgIpc) is 3.09. The Morgan fingerprint density at radius 1 is 1.17 bits per heavy atom. The molecule has 1 unspecified atom stereocenters. The first-order chi connectivity index (χ1) is 11.8. The van der Waals surface area contributed by atoms with E-state index in [4.69, 9.17) is 14.2 Å². The highest BCUT2D eigenvalue weighted by atomic mass is 16.7. The van der Waals surface area contributed by atoms with Gasteiger partial charge in [-0.05, 0) is 47.6 Å². The molecule has 0 radical (unpaired) electrons. The fourth-order valence-corrected chi connectivity index (χ4v) is 2.77. The first kappa shape index (κ1) is 14.5. The number of fused-ring (bicyclic) bond motifs is 1. The van der Waals surface area contributed by atoms with Crippen molar-refractivity contribution in [3.63, 3.8) is 0 Å². The highest BCUT2D eigenvalue weighted by molar-refractivity contribution is 5.97. The van der Waals surface area contributed by atoms with E-state index in [0.717, 1.165) is 16.8 Å². The lowest BCUT2D eigenvalue weighted by Gasteiger charge is -2.22. The molecule has 5 heteroatoms. The minimum Gasteiger partial charge on any atom is -0.468 e. The molecule has 2 aliphatic heterocycles. The molecule has 3 heterocycles. The molecule has 0 saturated heterocycles. The van der Waals surface area contributed by atoms with E-state index in [-0.39, 0.29) is 6.79 Å². The fraction of sp³-hybridized carbons (Fsp3) is 0.105. The van der Waals surface area contributed by atoms with Crippen molar-refractivity contribution in [1.29, 1.82) is 0 Å². The first-order valence-electron chi connectivity index (χ1n) is 7.50. The van der Waals surface area contributed by atoms with Crippen molar-refractivity contribution in [2.24, 2.45) is 0 Å². The van der Waals surface area contributed by atoms with Crippen molar-refractivity contribution < 1.29 is 19.3 Å². The topological polar surface area (TPSA) is 60.8 Å². The van der Waals surface area contributed by atoms with Crippen molar-refractivity contribution in [2.45, 2.75) is 6.29 Å². The monoisotopic (exact) mass is 321 g/mol. The molecule has 0 spiro atoms. The normalized spacial score (nSPS) is 18.5. The summed E-state index contributed by atoms with van der Waals surface area (Å²) in [5.41, 5.74) is 3.67. The second kappa shape index (κ2) is 5.86.